The Balaban J connectivity index is 1.59. The van der Waals surface area contributed by atoms with Crippen LogP contribution in [0, 0.1) is 5.82 Å². The van der Waals surface area contributed by atoms with Crippen LogP contribution in [-0.4, -0.2) is 12.4 Å². The summed E-state index contributed by atoms with van der Waals surface area (Å²) in [5.41, 5.74) is 5.73. The average Bonchev–Trinajstić information content (AvgIpc) is 2.86. The second-order valence-corrected chi connectivity index (χ2v) is 8.62. The Hall–Kier alpha value is -3.33. The van der Waals surface area contributed by atoms with Crippen molar-refractivity contribution in [3.8, 4) is 11.1 Å². The molecule has 0 amide bonds. The van der Waals surface area contributed by atoms with Crippen LogP contribution in [-0.2, 0) is 12.8 Å². The molecule has 0 fully saturated rings. The van der Waals surface area contributed by atoms with Crippen molar-refractivity contribution < 1.29 is 4.39 Å². The van der Waals surface area contributed by atoms with Gasteiger partial charge in [-0.1, -0.05) is 99.3 Å². The van der Waals surface area contributed by atoms with Gasteiger partial charge in [0.2, 0.25) is 0 Å². The molecule has 3 aromatic carbocycles. The number of hydrogen-bond acceptors (Lipinski definition) is 2. The molecule has 0 unspecified atom stereocenters. The van der Waals surface area contributed by atoms with Gasteiger partial charge in [-0.05, 0) is 59.6 Å². The van der Waals surface area contributed by atoms with Crippen molar-refractivity contribution in [3.05, 3.63) is 107 Å². The number of allylic oxidation sites excluding steroid dienone is 1. The Kier molecular flexibility index (Phi) is 10.4. The first-order valence-electron chi connectivity index (χ1n) is 12.4. The predicted molar refractivity (Wildman–Crippen MR) is 144 cm³/mol. The molecular weight excluding hydrogens is 419 g/mol. The molecule has 0 heterocycles. The lowest BCUT2D eigenvalue weighted by molar-refractivity contribution is 0.630. The van der Waals surface area contributed by atoms with Gasteiger partial charge in [-0.2, -0.15) is 10.2 Å². The molecule has 3 heteroatoms. The molecule has 0 atom stereocenters. The standard InChI is InChI=1S/C31H35FN2/c1-3-5-7-8-9-12-25-16-19-28(20-17-25)30-21-18-26(22-31(30)32)23-33-34-24-29-15-11-10-14-27(29)13-6-4-2/h4,10-11,14-24H,2-3,5-9,12-13H2,1H3. The van der Waals surface area contributed by atoms with E-state index in [1.807, 2.05) is 48.5 Å². The Morgan fingerprint density at radius 2 is 1.59 bits per heavy atom. The Bertz CT molecular complexity index is 1100. The first-order chi connectivity index (χ1) is 16.7. The lowest BCUT2D eigenvalue weighted by atomic mass is 10.00. The largest absolute Gasteiger partial charge is 0.206 e. The van der Waals surface area contributed by atoms with E-state index in [0.717, 1.165) is 30.4 Å². The van der Waals surface area contributed by atoms with Gasteiger partial charge in [-0.3, -0.25) is 0 Å². The summed E-state index contributed by atoms with van der Waals surface area (Å²) in [4.78, 5) is 0. The minimum atomic E-state index is -0.255. The van der Waals surface area contributed by atoms with Crippen LogP contribution in [0.3, 0.4) is 0 Å². The highest BCUT2D eigenvalue weighted by Crippen LogP contribution is 2.24. The number of benzene rings is 3. The highest BCUT2D eigenvalue weighted by atomic mass is 19.1. The lowest BCUT2D eigenvalue weighted by Gasteiger charge is -2.07. The quantitative estimate of drug-likeness (QED) is 0.107. The van der Waals surface area contributed by atoms with Gasteiger partial charge in [0, 0.05) is 5.56 Å². The molecule has 176 valence electrons. The minimum Gasteiger partial charge on any atom is -0.206 e. The molecule has 0 aliphatic rings. The van der Waals surface area contributed by atoms with Gasteiger partial charge in [0.05, 0.1) is 12.4 Å². The van der Waals surface area contributed by atoms with E-state index in [9.17, 15) is 4.39 Å². The Morgan fingerprint density at radius 1 is 0.824 bits per heavy atom. The zero-order valence-corrected chi connectivity index (χ0v) is 20.2. The first-order valence-corrected chi connectivity index (χ1v) is 12.4. The maximum absolute atomic E-state index is 14.8. The van der Waals surface area contributed by atoms with Gasteiger partial charge in [-0.15, -0.1) is 6.58 Å². The summed E-state index contributed by atoms with van der Waals surface area (Å²) in [6, 6.07) is 21.6. The van der Waals surface area contributed by atoms with Crippen LogP contribution in [0.4, 0.5) is 4.39 Å². The summed E-state index contributed by atoms with van der Waals surface area (Å²) in [5.74, 6) is -0.255. The number of halogens is 1. The molecule has 3 rings (SSSR count). The molecule has 0 spiro atoms. The normalized spacial score (nSPS) is 11.5. The van der Waals surface area contributed by atoms with Crippen LogP contribution in [0.25, 0.3) is 11.1 Å². The monoisotopic (exact) mass is 454 g/mol. The molecule has 0 N–H and O–H groups in total. The van der Waals surface area contributed by atoms with Crippen molar-refractivity contribution in [2.24, 2.45) is 10.2 Å². The maximum Gasteiger partial charge on any atom is 0.131 e. The average molecular weight is 455 g/mol. The number of rotatable bonds is 13. The van der Waals surface area contributed by atoms with Crippen molar-refractivity contribution in [2.45, 2.75) is 58.3 Å². The van der Waals surface area contributed by atoms with Crippen LogP contribution >= 0.6 is 0 Å². The third kappa shape index (κ3) is 7.91. The fourth-order valence-corrected chi connectivity index (χ4v) is 3.97. The molecule has 0 aromatic heterocycles. The van der Waals surface area contributed by atoms with E-state index in [2.05, 4.69) is 41.9 Å². The second kappa shape index (κ2) is 14.0. The molecule has 0 saturated heterocycles. The smallest absolute Gasteiger partial charge is 0.131 e. The molecule has 3 aromatic rings. The first kappa shape index (κ1) is 25.3. The van der Waals surface area contributed by atoms with Crippen LogP contribution in [0.15, 0.2) is 89.6 Å². The van der Waals surface area contributed by atoms with Crippen molar-refractivity contribution in [1.82, 2.24) is 0 Å². The minimum absolute atomic E-state index is 0.255. The highest BCUT2D eigenvalue weighted by Gasteiger charge is 2.06. The van der Waals surface area contributed by atoms with Gasteiger partial charge in [0.15, 0.2) is 0 Å². The van der Waals surface area contributed by atoms with Gasteiger partial charge < -0.3 is 0 Å². The summed E-state index contributed by atoms with van der Waals surface area (Å²) in [6.45, 7) is 6.02. The number of nitrogens with zero attached hydrogens (tertiary/aromatic N) is 2. The molecule has 0 aliphatic carbocycles. The highest BCUT2D eigenvalue weighted by molar-refractivity contribution is 5.84. The van der Waals surface area contributed by atoms with E-state index in [1.165, 1.54) is 49.3 Å². The van der Waals surface area contributed by atoms with Gasteiger partial charge >= 0.3 is 0 Å². The molecule has 0 aliphatic heterocycles. The third-order valence-electron chi connectivity index (χ3n) is 5.97. The summed E-state index contributed by atoms with van der Waals surface area (Å²) in [7, 11) is 0. The van der Waals surface area contributed by atoms with Gasteiger partial charge in [0.25, 0.3) is 0 Å². The fraction of sp³-hybridized carbons (Fsp3) is 0.290. The van der Waals surface area contributed by atoms with Gasteiger partial charge in [0.1, 0.15) is 5.82 Å². The van der Waals surface area contributed by atoms with Crippen LogP contribution in [0.1, 0.15) is 67.7 Å². The summed E-state index contributed by atoms with van der Waals surface area (Å²) in [5, 5.41) is 8.28. The molecule has 2 nitrogen and oxygen atoms in total. The molecular formula is C31H35FN2. The van der Waals surface area contributed by atoms with E-state index in [-0.39, 0.29) is 5.82 Å². The van der Waals surface area contributed by atoms with E-state index in [4.69, 9.17) is 0 Å². The fourth-order valence-electron chi connectivity index (χ4n) is 3.97. The summed E-state index contributed by atoms with van der Waals surface area (Å²) in [6.07, 6.45) is 14.5. The van der Waals surface area contributed by atoms with Crippen LogP contribution < -0.4 is 0 Å². The van der Waals surface area contributed by atoms with Gasteiger partial charge in [-0.25, -0.2) is 4.39 Å². The third-order valence-corrected chi connectivity index (χ3v) is 5.97. The van der Waals surface area contributed by atoms with Crippen molar-refractivity contribution in [3.63, 3.8) is 0 Å². The molecule has 34 heavy (non-hydrogen) atoms. The maximum atomic E-state index is 14.8. The van der Waals surface area contributed by atoms with E-state index in [0.29, 0.717) is 11.1 Å². The van der Waals surface area contributed by atoms with Crippen molar-refractivity contribution >= 4 is 12.4 Å². The van der Waals surface area contributed by atoms with Crippen LogP contribution in [0.5, 0.6) is 0 Å². The van der Waals surface area contributed by atoms with Crippen molar-refractivity contribution in [1.29, 1.82) is 0 Å². The van der Waals surface area contributed by atoms with Crippen molar-refractivity contribution in [2.75, 3.05) is 0 Å². The zero-order valence-electron chi connectivity index (χ0n) is 20.2. The topological polar surface area (TPSA) is 24.7 Å². The summed E-state index contributed by atoms with van der Waals surface area (Å²) >= 11 is 0. The van der Waals surface area contributed by atoms with E-state index < -0.39 is 0 Å². The number of hydrogen-bond donors (Lipinski definition) is 0. The SMILES string of the molecule is C=CCCc1ccccc1C=NN=Cc1ccc(-c2ccc(CCCCCCC)cc2)c(F)c1. The molecule has 0 bridgehead atoms. The zero-order chi connectivity index (χ0) is 24.0. The Labute approximate surface area is 204 Å². The van der Waals surface area contributed by atoms with E-state index in [1.54, 1.807) is 12.4 Å². The summed E-state index contributed by atoms with van der Waals surface area (Å²) < 4.78 is 14.8. The van der Waals surface area contributed by atoms with E-state index >= 15 is 0 Å². The number of unbranched alkanes of at least 4 members (excludes halogenated alkanes) is 4. The molecule has 0 saturated carbocycles. The Morgan fingerprint density at radius 3 is 2.35 bits per heavy atom. The molecule has 0 radical (unpaired) electrons. The van der Waals surface area contributed by atoms with Crippen LogP contribution in [0.2, 0.25) is 0 Å². The second-order valence-electron chi connectivity index (χ2n) is 8.62. The number of aryl methyl sites for hydroxylation is 2. The predicted octanol–water partition coefficient (Wildman–Crippen LogP) is 8.58. The lowest BCUT2D eigenvalue weighted by Crippen LogP contribution is -1.92.